The Balaban J connectivity index is 1.88. The van der Waals surface area contributed by atoms with E-state index in [1.54, 1.807) is 44.4 Å². The summed E-state index contributed by atoms with van der Waals surface area (Å²) in [6.45, 7) is 0. The number of H-pyrrole nitrogens is 2. The van der Waals surface area contributed by atoms with Gasteiger partial charge in [-0.2, -0.15) is 0 Å². The van der Waals surface area contributed by atoms with Crippen LogP contribution in [-0.2, 0) is 0 Å². The molecule has 29 heavy (non-hydrogen) atoms. The lowest BCUT2D eigenvalue weighted by Gasteiger charge is -2.13. The van der Waals surface area contributed by atoms with Crippen molar-refractivity contribution in [2.24, 2.45) is 0 Å². The molecule has 4 N–H and O–H groups in total. The van der Waals surface area contributed by atoms with Gasteiger partial charge >= 0.3 is 5.97 Å². The number of pyridine rings is 1. The van der Waals surface area contributed by atoms with Crippen LogP contribution in [0.1, 0.15) is 20.8 Å². The van der Waals surface area contributed by atoms with Crippen molar-refractivity contribution in [1.82, 2.24) is 14.9 Å². The summed E-state index contributed by atoms with van der Waals surface area (Å²) >= 11 is 0. The molecule has 0 aliphatic rings. The minimum atomic E-state index is -1.11. The number of rotatable bonds is 4. The first kappa shape index (κ1) is 18.3. The molecule has 2 aromatic heterocycles. The number of fused-ring (bicyclic) bond motifs is 3. The van der Waals surface area contributed by atoms with Gasteiger partial charge in [-0.15, -0.1) is 0 Å². The molecule has 0 unspecified atom stereocenters. The molecule has 0 fully saturated rings. The van der Waals surface area contributed by atoms with Crippen LogP contribution in [0.25, 0.3) is 21.8 Å². The maximum atomic E-state index is 12.2. The van der Waals surface area contributed by atoms with Gasteiger partial charge in [0.05, 0.1) is 11.0 Å². The zero-order valence-corrected chi connectivity index (χ0v) is 15.7. The lowest BCUT2D eigenvalue weighted by molar-refractivity contribution is 0.0690. The van der Waals surface area contributed by atoms with Gasteiger partial charge in [-0.25, -0.2) is 4.79 Å². The molecule has 2 heterocycles. The lowest BCUT2D eigenvalue weighted by atomic mass is 10.1. The molecule has 4 rings (SSSR count). The summed E-state index contributed by atoms with van der Waals surface area (Å²) in [7, 11) is 3.34. The zero-order chi connectivity index (χ0) is 20.7. The first-order valence-corrected chi connectivity index (χ1v) is 8.84. The molecule has 146 valence electrons. The van der Waals surface area contributed by atoms with E-state index in [2.05, 4.69) is 15.3 Å². The van der Waals surface area contributed by atoms with E-state index in [0.717, 1.165) is 5.39 Å². The van der Waals surface area contributed by atoms with Crippen molar-refractivity contribution < 1.29 is 14.7 Å². The predicted octanol–water partition coefficient (Wildman–Crippen LogP) is 3.15. The van der Waals surface area contributed by atoms with Gasteiger partial charge in [0.1, 0.15) is 11.5 Å². The minimum Gasteiger partial charge on any atom is -0.477 e. The van der Waals surface area contributed by atoms with E-state index >= 15 is 0 Å². The van der Waals surface area contributed by atoms with Gasteiger partial charge in [0.25, 0.3) is 5.91 Å². The van der Waals surface area contributed by atoms with Crippen LogP contribution in [0.4, 0.5) is 11.5 Å². The molecule has 0 atom stereocenters. The van der Waals surface area contributed by atoms with Crippen LogP contribution in [0.2, 0.25) is 0 Å². The summed E-state index contributed by atoms with van der Waals surface area (Å²) in [4.78, 5) is 43.0. The molecule has 4 aromatic rings. The number of aromatic amines is 2. The average molecular weight is 390 g/mol. The number of nitrogens with zero attached hydrogens (tertiary/aromatic N) is 1. The Morgan fingerprint density at radius 3 is 2.52 bits per heavy atom. The van der Waals surface area contributed by atoms with Gasteiger partial charge in [-0.3, -0.25) is 9.59 Å². The first-order valence-electron chi connectivity index (χ1n) is 8.84. The van der Waals surface area contributed by atoms with Gasteiger partial charge in [-0.05, 0) is 36.4 Å². The Labute approximate surface area is 164 Å². The van der Waals surface area contributed by atoms with E-state index < -0.39 is 5.97 Å². The molecule has 2 aromatic carbocycles. The SMILES string of the molecule is CN(C)C(=O)c1cccc(Nc2[nH]c(C(=O)O)cc3c2[nH]c2cc(=O)ccc23)c1. The number of aromatic carboxylic acids is 1. The molecule has 0 spiro atoms. The third-order valence-corrected chi connectivity index (χ3v) is 4.62. The topological polar surface area (TPSA) is 118 Å². The van der Waals surface area contributed by atoms with Gasteiger partial charge < -0.3 is 25.3 Å². The highest BCUT2D eigenvalue weighted by Gasteiger charge is 2.15. The number of aromatic nitrogens is 2. The second-order valence-electron chi connectivity index (χ2n) is 6.89. The van der Waals surface area contributed by atoms with Crippen molar-refractivity contribution >= 4 is 45.2 Å². The molecule has 0 aliphatic carbocycles. The monoisotopic (exact) mass is 390 g/mol. The van der Waals surface area contributed by atoms with Crippen LogP contribution in [0.15, 0.2) is 53.3 Å². The molecule has 8 heteroatoms. The minimum absolute atomic E-state index is 0.00683. The number of carbonyl (C=O) groups is 2. The van der Waals surface area contributed by atoms with E-state index in [1.807, 2.05) is 0 Å². The Morgan fingerprint density at radius 2 is 1.79 bits per heavy atom. The van der Waals surface area contributed by atoms with E-state index in [-0.39, 0.29) is 17.0 Å². The number of carbonyl (C=O) groups excluding carboxylic acids is 1. The molecular weight excluding hydrogens is 372 g/mol. The summed E-state index contributed by atoms with van der Waals surface area (Å²) in [5.74, 6) is -0.838. The standard InChI is InChI=1S/C21H18N4O4/c1-25(2)20(27)11-4-3-5-12(8-11)22-19-18-15(10-17(24-19)21(28)29)14-7-6-13(26)9-16(14)23-18/h3-10,22-24H,1-2H3,(H,28,29). The highest BCUT2D eigenvalue weighted by atomic mass is 16.4. The summed E-state index contributed by atoms with van der Waals surface area (Å²) in [6, 6.07) is 13.0. The van der Waals surface area contributed by atoms with Crippen LogP contribution in [0.3, 0.4) is 0 Å². The van der Waals surface area contributed by atoms with Crippen molar-refractivity contribution in [3.05, 3.63) is 70.0 Å². The number of benzene rings is 2. The zero-order valence-electron chi connectivity index (χ0n) is 15.7. The van der Waals surface area contributed by atoms with Crippen LogP contribution >= 0.6 is 0 Å². The smallest absolute Gasteiger partial charge is 0.352 e. The fourth-order valence-corrected chi connectivity index (χ4v) is 3.26. The van der Waals surface area contributed by atoms with Gasteiger partial charge in [0.15, 0.2) is 5.43 Å². The molecule has 0 bridgehead atoms. The second kappa shape index (κ2) is 6.83. The van der Waals surface area contributed by atoms with Crippen LogP contribution in [0, 0.1) is 0 Å². The Bertz CT molecular complexity index is 1330. The van der Waals surface area contributed by atoms with Crippen LogP contribution in [-0.4, -0.2) is 45.9 Å². The van der Waals surface area contributed by atoms with E-state index in [9.17, 15) is 19.5 Å². The van der Waals surface area contributed by atoms with Crippen molar-refractivity contribution in [2.75, 3.05) is 19.4 Å². The van der Waals surface area contributed by atoms with Crippen LogP contribution in [0.5, 0.6) is 0 Å². The molecule has 1 amide bonds. The number of anilines is 2. The van der Waals surface area contributed by atoms with Crippen molar-refractivity contribution in [2.45, 2.75) is 0 Å². The quantitative estimate of drug-likeness (QED) is 0.427. The normalized spacial score (nSPS) is 11.0. The average Bonchev–Trinajstić information content (AvgIpc) is 3.05. The van der Waals surface area contributed by atoms with E-state index in [1.165, 1.54) is 23.1 Å². The number of nitrogens with one attached hydrogen (secondary N) is 3. The van der Waals surface area contributed by atoms with Crippen molar-refractivity contribution in [1.29, 1.82) is 0 Å². The fourth-order valence-electron chi connectivity index (χ4n) is 3.26. The summed E-state index contributed by atoms with van der Waals surface area (Å²) in [5, 5.41) is 14.1. The predicted molar refractivity (Wildman–Crippen MR) is 111 cm³/mol. The van der Waals surface area contributed by atoms with Gasteiger partial charge in [0, 0.05) is 42.2 Å². The van der Waals surface area contributed by atoms with Crippen molar-refractivity contribution in [3.63, 3.8) is 0 Å². The maximum absolute atomic E-state index is 12.2. The molecule has 0 saturated heterocycles. The van der Waals surface area contributed by atoms with E-state index in [4.69, 9.17) is 0 Å². The summed E-state index contributed by atoms with van der Waals surface area (Å²) in [6.07, 6.45) is 0. The lowest BCUT2D eigenvalue weighted by Crippen LogP contribution is -2.21. The number of carboxylic acids is 1. The molecule has 0 aliphatic heterocycles. The highest BCUT2D eigenvalue weighted by Crippen LogP contribution is 2.31. The first-order chi connectivity index (χ1) is 13.8. The van der Waals surface area contributed by atoms with Gasteiger partial charge in [0.2, 0.25) is 0 Å². The second-order valence-corrected chi connectivity index (χ2v) is 6.89. The molecule has 8 nitrogen and oxygen atoms in total. The summed E-state index contributed by atoms with van der Waals surface area (Å²) in [5.41, 5.74) is 2.20. The maximum Gasteiger partial charge on any atom is 0.352 e. The Kier molecular flexibility index (Phi) is 4.31. The molecule has 0 radical (unpaired) electrons. The third kappa shape index (κ3) is 3.31. The summed E-state index contributed by atoms with van der Waals surface area (Å²) < 4.78 is 0. The fraction of sp³-hybridized carbons (Fsp3) is 0.0952. The number of hydrogen-bond donors (Lipinski definition) is 4. The van der Waals surface area contributed by atoms with Gasteiger partial charge in [-0.1, -0.05) is 6.07 Å². The number of amides is 1. The third-order valence-electron chi connectivity index (χ3n) is 4.62. The Morgan fingerprint density at radius 1 is 1.00 bits per heavy atom. The largest absolute Gasteiger partial charge is 0.477 e. The van der Waals surface area contributed by atoms with Crippen molar-refractivity contribution in [3.8, 4) is 0 Å². The number of carboxylic acid groups (broad SMARTS) is 1. The Hall–Kier alpha value is -4.07. The van der Waals surface area contributed by atoms with E-state index in [0.29, 0.717) is 33.5 Å². The molecule has 0 saturated carbocycles. The number of hydrogen-bond acceptors (Lipinski definition) is 4. The highest BCUT2D eigenvalue weighted by molar-refractivity contribution is 6.12. The van der Waals surface area contributed by atoms with Crippen LogP contribution < -0.4 is 10.7 Å². The molecular formula is C21H18N4O4.